The van der Waals surface area contributed by atoms with E-state index in [4.69, 9.17) is 51.4 Å². The van der Waals surface area contributed by atoms with E-state index in [0.29, 0.717) is 32.1 Å². The Bertz CT molecular complexity index is 2820. The summed E-state index contributed by atoms with van der Waals surface area (Å²) in [6.07, 6.45) is 46.9. The maximum absolute atomic E-state index is 11.0. The number of alkyl halides is 8. The SMILES string of the molecule is BrCc1ccccc1.BrCc1ccccc1.C#CC(C#C)(Cc1ccccc1)Cc1ccccc1.C#CC(C#C)(Cc1ccccc1)Cc1ccccc1.C#CC(C#C)Cc1ccccc1.C#CCC#C.CC.CC.CC.CC.CC.CC.CC.CC(C)(F)F.CC(C)(F)F.CC(C)(F)F. The van der Waals surface area contributed by atoms with Crippen molar-refractivity contribution in [3.8, 4) is 98.8 Å². The van der Waals surface area contributed by atoms with E-state index in [0.717, 1.165) is 58.6 Å². The molecule has 0 radical (unpaired) electrons. The number of hydrogen-bond acceptors (Lipinski definition) is 0. The van der Waals surface area contributed by atoms with Crippen molar-refractivity contribution in [2.75, 3.05) is 0 Å². The second kappa shape index (κ2) is 77.9. The fourth-order valence-electron chi connectivity index (χ4n) is 6.60. The third kappa shape index (κ3) is 80.2. The smallest absolute Gasteiger partial charge is 0.208 e. The van der Waals surface area contributed by atoms with Gasteiger partial charge in [-0.3, -0.25) is 0 Å². The maximum atomic E-state index is 11.0. The van der Waals surface area contributed by atoms with Gasteiger partial charge in [0, 0.05) is 36.3 Å². The Morgan fingerprint density at radius 3 is 0.540 bits per heavy atom. The van der Waals surface area contributed by atoms with Crippen molar-refractivity contribution in [2.24, 2.45) is 16.7 Å². The molecular formula is C92H120Br2F6. The highest BCUT2D eigenvalue weighted by Gasteiger charge is 2.27. The summed E-state index contributed by atoms with van der Waals surface area (Å²) < 4.78 is 66.1. The molecule has 544 valence electrons. The van der Waals surface area contributed by atoms with Crippen LogP contribution in [0.1, 0.15) is 184 Å². The molecule has 0 heterocycles. The van der Waals surface area contributed by atoms with Crippen LogP contribution in [0.5, 0.6) is 0 Å². The number of hydrogen-bond donors (Lipinski definition) is 0. The molecule has 0 aliphatic heterocycles. The average molecular weight is 1500 g/mol. The normalized spacial score (nSPS) is 8.93. The highest BCUT2D eigenvalue weighted by molar-refractivity contribution is 9.08. The van der Waals surface area contributed by atoms with Gasteiger partial charge >= 0.3 is 0 Å². The van der Waals surface area contributed by atoms with Gasteiger partial charge in [0.15, 0.2) is 0 Å². The Balaban J connectivity index is -0.000000136. The Morgan fingerprint density at radius 1 is 0.280 bits per heavy atom. The first kappa shape index (κ1) is 110. The minimum Gasteiger partial charge on any atom is -0.208 e. The van der Waals surface area contributed by atoms with Crippen LogP contribution in [0, 0.1) is 115 Å². The number of halogens is 8. The Morgan fingerprint density at radius 2 is 0.430 bits per heavy atom. The Hall–Kier alpha value is -8.44. The van der Waals surface area contributed by atoms with Crippen LogP contribution in [0.25, 0.3) is 0 Å². The van der Waals surface area contributed by atoms with E-state index in [1.165, 1.54) is 38.9 Å². The summed E-state index contributed by atoms with van der Waals surface area (Å²) >= 11 is 6.71. The van der Waals surface area contributed by atoms with Gasteiger partial charge in [-0.1, -0.05) is 388 Å². The van der Waals surface area contributed by atoms with Crippen molar-refractivity contribution in [3.05, 3.63) is 251 Å². The second-order valence-corrected chi connectivity index (χ2v) is 20.9. The van der Waals surface area contributed by atoms with E-state index in [-0.39, 0.29) is 5.92 Å². The third-order valence-corrected chi connectivity index (χ3v) is 11.7. The molecular weight excluding hydrogens is 1380 g/mol. The van der Waals surface area contributed by atoms with Gasteiger partial charge in [0.1, 0.15) is 0 Å². The Labute approximate surface area is 626 Å². The summed E-state index contributed by atoms with van der Waals surface area (Å²) in [5, 5.41) is 1.90. The monoisotopic (exact) mass is 1500 g/mol. The second-order valence-electron chi connectivity index (χ2n) is 19.8. The summed E-state index contributed by atoms with van der Waals surface area (Å²) in [4.78, 5) is 0. The molecule has 0 N–H and O–H groups in total. The minimum absolute atomic E-state index is 0.0765. The van der Waals surface area contributed by atoms with Gasteiger partial charge in [0.25, 0.3) is 0 Å². The molecule has 0 aromatic heterocycles. The predicted octanol–water partition coefficient (Wildman–Crippen LogP) is 27.5. The van der Waals surface area contributed by atoms with E-state index in [2.05, 4.69) is 152 Å². The van der Waals surface area contributed by atoms with E-state index < -0.39 is 28.6 Å². The summed E-state index contributed by atoms with van der Waals surface area (Å²) in [6.45, 7) is 33.1. The lowest BCUT2D eigenvalue weighted by atomic mass is 9.78. The minimum atomic E-state index is -2.50. The van der Waals surface area contributed by atoms with Gasteiger partial charge in [-0.25, -0.2) is 26.3 Å². The fraction of sp³-hybridized carbons (Fsp3) is 0.370. The molecule has 0 aliphatic carbocycles. The van der Waals surface area contributed by atoms with E-state index in [9.17, 15) is 26.3 Å². The molecule has 0 amide bonds. The van der Waals surface area contributed by atoms with Crippen molar-refractivity contribution in [1.29, 1.82) is 0 Å². The average Bonchev–Trinajstić information content (AvgIpc) is 0.850. The standard InChI is InChI=1S/2C19H16.C12H10.2C7H7Br.C5H4.3C3H6F2.7C2H6/c2*1-3-19(4-2,15-17-11-7-5-8-12-17)16-18-13-9-6-10-14-18;1-3-11(4-2)10-12-8-6-5-7-9-12;2*8-6-7-4-2-1-3-5-7;1-3-5-4-2;3*1-3(2,4)5;7*1-2/h2*1-2,5-14H,15-16H2;1-2,5-9,11H,10H2;2*1-5H,6H2;1-2H,5H2;3*1-2H3;7*1-2H3. The number of terminal acetylenes is 8. The van der Waals surface area contributed by atoms with Crippen LogP contribution in [-0.4, -0.2) is 17.8 Å². The summed E-state index contributed by atoms with van der Waals surface area (Å²) in [7, 11) is 0. The topological polar surface area (TPSA) is 0 Å². The van der Waals surface area contributed by atoms with Crippen LogP contribution in [0.2, 0.25) is 0 Å². The predicted molar refractivity (Wildman–Crippen MR) is 441 cm³/mol. The molecule has 0 spiro atoms. The molecule has 7 aromatic rings. The number of rotatable bonds is 12. The molecule has 100 heavy (non-hydrogen) atoms. The van der Waals surface area contributed by atoms with Crippen LogP contribution in [0.4, 0.5) is 26.3 Å². The summed E-state index contributed by atoms with van der Waals surface area (Å²) in [5.41, 5.74) is 7.44. The molecule has 0 bridgehead atoms. The van der Waals surface area contributed by atoms with Gasteiger partial charge in [-0.15, -0.1) is 51.4 Å². The van der Waals surface area contributed by atoms with Crippen molar-refractivity contribution >= 4 is 31.9 Å². The van der Waals surface area contributed by atoms with Crippen LogP contribution < -0.4 is 0 Å². The third-order valence-electron chi connectivity index (χ3n) is 10.4. The Kier molecular flexibility index (Phi) is 85.8. The zero-order chi connectivity index (χ0) is 79.2. The van der Waals surface area contributed by atoms with Crippen molar-refractivity contribution < 1.29 is 26.3 Å². The first-order valence-electron chi connectivity index (χ1n) is 33.9. The zero-order valence-corrected chi connectivity index (χ0v) is 67.3. The van der Waals surface area contributed by atoms with Gasteiger partial charge < -0.3 is 0 Å². The largest absolute Gasteiger partial charge is 0.242 e. The lowest BCUT2D eigenvalue weighted by Gasteiger charge is -2.23. The van der Waals surface area contributed by atoms with E-state index in [1.54, 1.807) is 0 Å². The van der Waals surface area contributed by atoms with Gasteiger partial charge in [-0.2, -0.15) is 0 Å². The quantitative estimate of drug-likeness (QED) is 0.0650. The lowest BCUT2D eigenvalue weighted by molar-refractivity contribution is 0.0428. The fourth-order valence-corrected chi connectivity index (χ4v) is 7.35. The van der Waals surface area contributed by atoms with Gasteiger partial charge in [-0.05, 0) is 86.9 Å². The summed E-state index contributed by atoms with van der Waals surface area (Å²) in [5.74, 6) is 13.4. The highest BCUT2D eigenvalue weighted by atomic mass is 79.9. The molecule has 0 atom stereocenters. The highest BCUT2D eigenvalue weighted by Crippen LogP contribution is 2.28. The zero-order valence-electron chi connectivity index (χ0n) is 64.1. The van der Waals surface area contributed by atoms with Crippen molar-refractivity contribution in [1.82, 2.24) is 0 Å². The van der Waals surface area contributed by atoms with E-state index in [1.807, 2.05) is 236 Å². The van der Waals surface area contributed by atoms with Crippen molar-refractivity contribution in [2.45, 2.75) is 205 Å². The van der Waals surface area contributed by atoms with Crippen LogP contribution >= 0.6 is 31.9 Å². The molecule has 0 saturated carbocycles. The van der Waals surface area contributed by atoms with Crippen LogP contribution in [0.3, 0.4) is 0 Å². The first-order valence-corrected chi connectivity index (χ1v) is 36.2. The van der Waals surface area contributed by atoms with Gasteiger partial charge in [0.05, 0.1) is 23.2 Å². The molecule has 7 aromatic carbocycles. The first-order chi connectivity index (χ1) is 47.7. The van der Waals surface area contributed by atoms with Gasteiger partial charge in [0.2, 0.25) is 17.8 Å². The summed E-state index contributed by atoms with van der Waals surface area (Å²) in [6, 6.07) is 71.1. The maximum Gasteiger partial charge on any atom is 0.242 e. The number of benzene rings is 7. The molecule has 0 nitrogen and oxygen atoms in total. The van der Waals surface area contributed by atoms with Crippen molar-refractivity contribution in [3.63, 3.8) is 0 Å². The molecule has 8 heteroatoms. The molecule has 0 aliphatic rings. The molecule has 0 saturated heterocycles. The lowest BCUT2D eigenvalue weighted by Crippen LogP contribution is -2.22. The van der Waals surface area contributed by atoms with Crippen LogP contribution in [-0.2, 0) is 42.8 Å². The van der Waals surface area contributed by atoms with Crippen LogP contribution in [0.15, 0.2) is 212 Å². The van der Waals surface area contributed by atoms with E-state index >= 15 is 0 Å². The molecule has 0 unspecified atom stereocenters. The molecule has 7 rings (SSSR count). The molecule has 0 fully saturated rings.